The quantitative estimate of drug-likeness (QED) is 0.501. The molecule has 32 heavy (non-hydrogen) atoms. The van der Waals surface area contributed by atoms with Crippen LogP contribution in [0.2, 0.25) is 0 Å². The monoisotopic (exact) mass is 475 g/mol. The third-order valence-corrected chi connectivity index (χ3v) is 7.05. The van der Waals surface area contributed by atoms with E-state index in [9.17, 15) is 14.0 Å². The van der Waals surface area contributed by atoms with Gasteiger partial charge < -0.3 is 19.5 Å². The van der Waals surface area contributed by atoms with Gasteiger partial charge in [0.2, 0.25) is 16.9 Å². The summed E-state index contributed by atoms with van der Waals surface area (Å²) in [6.07, 6.45) is 1.84. The summed E-state index contributed by atoms with van der Waals surface area (Å²) < 4.78 is 18.9. The van der Waals surface area contributed by atoms with E-state index in [1.165, 1.54) is 35.2 Å². The number of halogens is 1. The number of anilines is 1. The Bertz CT molecular complexity index is 1030. The molecule has 4 rings (SSSR count). The lowest BCUT2D eigenvalue weighted by Gasteiger charge is -2.34. The number of hydrogen-bond acceptors (Lipinski definition) is 8. The highest BCUT2D eigenvalue weighted by Crippen LogP contribution is 2.28. The van der Waals surface area contributed by atoms with Crippen LogP contribution in [0.15, 0.2) is 51.4 Å². The molecule has 0 aliphatic carbocycles. The average molecular weight is 476 g/mol. The van der Waals surface area contributed by atoms with Gasteiger partial charge in [0.05, 0.1) is 25.0 Å². The van der Waals surface area contributed by atoms with Crippen LogP contribution in [0, 0.1) is 5.82 Å². The minimum Gasteiger partial charge on any atom is -0.467 e. The number of benzene rings is 1. The predicted molar refractivity (Wildman–Crippen MR) is 120 cm³/mol. The normalized spacial score (nSPS) is 13.9. The summed E-state index contributed by atoms with van der Waals surface area (Å²) >= 11 is 2.78. The molecule has 0 unspecified atom stereocenters. The molecule has 1 aliphatic rings. The standard InChI is InChI=1S/C21H22FN5O3S2/c22-16-5-3-15(4-6-16)12-19(29)26-7-9-27(10-8-26)20-24-25-21(32-20)31-14-18(28)23-13-17-2-1-11-30-17/h1-6,11H,7-10,12-14H2,(H,23,28). The highest BCUT2D eigenvalue weighted by molar-refractivity contribution is 8.01. The maximum absolute atomic E-state index is 13.0. The van der Waals surface area contributed by atoms with Gasteiger partial charge in [0.25, 0.3) is 0 Å². The van der Waals surface area contributed by atoms with E-state index in [2.05, 4.69) is 20.4 Å². The van der Waals surface area contributed by atoms with Crippen molar-refractivity contribution in [2.75, 3.05) is 36.8 Å². The second kappa shape index (κ2) is 10.6. The summed E-state index contributed by atoms with van der Waals surface area (Å²) in [5.41, 5.74) is 0.804. The Morgan fingerprint density at radius 1 is 1.12 bits per heavy atom. The number of thioether (sulfide) groups is 1. The number of carbonyl (C=O) groups is 2. The fourth-order valence-electron chi connectivity index (χ4n) is 3.20. The van der Waals surface area contributed by atoms with E-state index >= 15 is 0 Å². The maximum Gasteiger partial charge on any atom is 0.230 e. The molecule has 1 N–H and O–H groups in total. The summed E-state index contributed by atoms with van der Waals surface area (Å²) in [5.74, 6) is 0.582. The minimum absolute atomic E-state index is 0.0327. The molecule has 1 saturated heterocycles. The summed E-state index contributed by atoms with van der Waals surface area (Å²) in [5, 5.41) is 12.0. The lowest BCUT2D eigenvalue weighted by Crippen LogP contribution is -2.49. The van der Waals surface area contributed by atoms with E-state index in [0.29, 0.717) is 38.5 Å². The zero-order valence-corrected chi connectivity index (χ0v) is 18.8. The molecule has 0 bridgehead atoms. The van der Waals surface area contributed by atoms with Gasteiger partial charge in [-0.1, -0.05) is 35.2 Å². The van der Waals surface area contributed by atoms with Crippen LogP contribution in [-0.2, 0) is 22.6 Å². The van der Waals surface area contributed by atoms with E-state index in [1.807, 2.05) is 4.90 Å². The van der Waals surface area contributed by atoms with Crippen LogP contribution in [0.25, 0.3) is 0 Å². The van der Waals surface area contributed by atoms with Crippen LogP contribution in [0.1, 0.15) is 11.3 Å². The summed E-state index contributed by atoms with van der Waals surface area (Å²) in [4.78, 5) is 28.4. The highest BCUT2D eigenvalue weighted by atomic mass is 32.2. The van der Waals surface area contributed by atoms with Crippen LogP contribution in [0.5, 0.6) is 0 Å². The van der Waals surface area contributed by atoms with E-state index in [4.69, 9.17) is 4.42 Å². The zero-order chi connectivity index (χ0) is 22.3. The Labute approximate surface area is 192 Å². The van der Waals surface area contributed by atoms with Crippen molar-refractivity contribution in [3.05, 3.63) is 59.8 Å². The van der Waals surface area contributed by atoms with Crippen LogP contribution >= 0.6 is 23.1 Å². The van der Waals surface area contributed by atoms with E-state index in [-0.39, 0.29) is 29.8 Å². The fraction of sp³-hybridized carbons (Fsp3) is 0.333. The lowest BCUT2D eigenvalue weighted by molar-refractivity contribution is -0.130. The molecule has 0 atom stereocenters. The first-order valence-electron chi connectivity index (χ1n) is 10.1. The molecule has 0 spiro atoms. The highest BCUT2D eigenvalue weighted by Gasteiger charge is 2.23. The van der Waals surface area contributed by atoms with Crippen LogP contribution in [0.4, 0.5) is 9.52 Å². The molecule has 0 radical (unpaired) electrons. The third-order valence-electron chi connectivity index (χ3n) is 4.93. The fourth-order valence-corrected chi connectivity index (χ4v) is 4.92. The molecular weight excluding hydrogens is 453 g/mol. The Morgan fingerprint density at radius 3 is 2.62 bits per heavy atom. The molecule has 2 aromatic heterocycles. The van der Waals surface area contributed by atoms with Crippen molar-refractivity contribution in [1.29, 1.82) is 0 Å². The van der Waals surface area contributed by atoms with Crippen molar-refractivity contribution in [3.8, 4) is 0 Å². The lowest BCUT2D eigenvalue weighted by atomic mass is 10.1. The van der Waals surface area contributed by atoms with Gasteiger partial charge in [-0.25, -0.2) is 4.39 Å². The number of nitrogens with zero attached hydrogens (tertiary/aromatic N) is 4. The van der Waals surface area contributed by atoms with Gasteiger partial charge in [0, 0.05) is 26.2 Å². The SMILES string of the molecule is O=C(CSc1nnc(N2CCN(C(=O)Cc3ccc(F)cc3)CC2)s1)NCc1ccco1. The van der Waals surface area contributed by atoms with Gasteiger partial charge in [0.15, 0.2) is 4.34 Å². The molecule has 8 nitrogen and oxygen atoms in total. The Kier molecular flexibility index (Phi) is 7.38. The van der Waals surface area contributed by atoms with Gasteiger partial charge >= 0.3 is 0 Å². The van der Waals surface area contributed by atoms with E-state index in [0.717, 1.165) is 15.0 Å². The third kappa shape index (κ3) is 6.07. The first-order chi connectivity index (χ1) is 15.6. The number of amides is 2. The number of carbonyl (C=O) groups excluding carboxylic acids is 2. The van der Waals surface area contributed by atoms with Crippen molar-refractivity contribution in [2.24, 2.45) is 0 Å². The Hall–Kier alpha value is -2.92. The van der Waals surface area contributed by atoms with Gasteiger partial charge in [0.1, 0.15) is 11.6 Å². The number of nitrogens with one attached hydrogen (secondary N) is 1. The van der Waals surface area contributed by atoms with Crippen molar-refractivity contribution >= 4 is 40.0 Å². The van der Waals surface area contributed by atoms with Crippen molar-refractivity contribution in [1.82, 2.24) is 20.4 Å². The number of aromatic nitrogens is 2. The number of hydrogen-bond donors (Lipinski definition) is 1. The van der Waals surface area contributed by atoms with E-state index in [1.54, 1.807) is 30.5 Å². The van der Waals surface area contributed by atoms with Gasteiger partial charge in [-0.05, 0) is 29.8 Å². The Balaban J connectivity index is 1.20. The van der Waals surface area contributed by atoms with Crippen molar-refractivity contribution in [3.63, 3.8) is 0 Å². The van der Waals surface area contributed by atoms with Crippen LogP contribution in [0.3, 0.4) is 0 Å². The minimum atomic E-state index is -0.307. The average Bonchev–Trinajstić information content (AvgIpc) is 3.50. The molecule has 1 aliphatic heterocycles. The number of piperazine rings is 1. The molecule has 0 saturated carbocycles. The van der Waals surface area contributed by atoms with Gasteiger partial charge in [-0.3, -0.25) is 9.59 Å². The molecule has 1 fully saturated rings. The predicted octanol–water partition coefficient (Wildman–Crippen LogP) is 2.57. The smallest absolute Gasteiger partial charge is 0.230 e. The molecule has 2 amide bonds. The number of rotatable bonds is 8. The van der Waals surface area contributed by atoms with E-state index < -0.39 is 0 Å². The molecule has 3 heterocycles. The first kappa shape index (κ1) is 22.3. The van der Waals surface area contributed by atoms with Crippen LogP contribution in [-0.4, -0.2) is 58.8 Å². The second-order valence-electron chi connectivity index (χ2n) is 7.17. The summed E-state index contributed by atoms with van der Waals surface area (Å²) in [6, 6.07) is 9.60. The molecular formula is C21H22FN5O3S2. The van der Waals surface area contributed by atoms with Gasteiger partial charge in [-0.15, -0.1) is 10.2 Å². The van der Waals surface area contributed by atoms with Crippen LogP contribution < -0.4 is 10.2 Å². The molecule has 3 aromatic rings. The Morgan fingerprint density at radius 2 is 1.91 bits per heavy atom. The maximum atomic E-state index is 13.0. The summed E-state index contributed by atoms with van der Waals surface area (Å²) in [7, 11) is 0. The van der Waals surface area contributed by atoms with Crippen molar-refractivity contribution in [2.45, 2.75) is 17.3 Å². The topological polar surface area (TPSA) is 91.6 Å². The first-order valence-corrected chi connectivity index (χ1v) is 11.9. The largest absolute Gasteiger partial charge is 0.467 e. The van der Waals surface area contributed by atoms with Gasteiger partial charge in [-0.2, -0.15) is 0 Å². The molecule has 1 aromatic carbocycles. The molecule has 11 heteroatoms. The summed E-state index contributed by atoms with van der Waals surface area (Å²) in [6.45, 7) is 2.88. The molecule has 168 valence electrons. The number of furan rings is 1. The second-order valence-corrected chi connectivity index (χ2v) is 9.34. The van der Waals surface area contributed by atoms with Crippen molar-refractivity contribution < 1.29 is 18.4 Å². The zero-order valence-electron chi connectivity index (χ0n) is 17.2.